The zero-order chi connectivity index (χ0) is 18.4. The van der Waals surface area contributed by atoms with E-state index in [0.717, 1.165) is 17.7 Å². The maximum absolute atomic E-state index is 12.4. The lowest BCUT2D eigenvalue weighted by Crippen LogP contribution is -2.33. The molecule has 0 spiro atoms. The number of benzene rings is 3. The highest BCUT2D eigenvalue weighted by molar-refractivity contribution is 5.86. The van der Waals surface area contributed by atoms with Gasteiger partial charge in [0.15, 0.2) is 0 Å². The first-order chi connectivity index (χ1) is 12.6. The van der Waals surface area contributed by atoms with Crippen LogP contribution in [0.15, 0.2) is 66.7 Å². The average Bonchev–Trinajstić information content (AvgIpc) is 2.65. The van der Waals surface area contributed by atoms with E-state index in [0.29, 0.717) is 13.2 Å². The Hall–Kier alpha value is -2.81. The van der Waals surface area contributed by atoms with Gasteiger partial charge in [-0.3, -0.25) is 4.79 Å². The SMILES string of the molecule is Cc1cccc(OCCNC(=O)[C@H](C)Cc2cccc3ccccc23)c1. The summed E-state index contributed by atoms with van der Waals surface area (Å²) in [5, 5.41) is 5.40. The van der Waals surface area contributed by atoms with Gasteiger partial charge in [-0.15, -0.1) is 0 Å². The molecule has 1 N–H and O–H groups in total. The Bertz CT molecular complexity index is 883. The fraction of sp³-hybridized carbons (Fsp3) is 0.261. The summed E-state index contributed by atoms with van der Waals surface area (Å²) in [6.45, 7) is 4.98. The minimum atomic E-state index is -0.0835. The molecule has 0 saturated heterocycles. The van der Waals surface area contributed by atoms with E-state index in [1.54, 1.807) is 0 Å². The molecule has 0 aliphatic heterocycles. The molecule has 0 unspecified atom stereocenters. The van der Waals surface area contributed by atoms with Crippen molar-refractivity contribution in [2.75, 3.05) is 13.2 Å². The third-order valence-corrected chi connectivity index (χ3v) is 4.51. The Morgan fingerprint density at radius 2 is 1.81 bits per heavy atom. The molecule has 3 aromatic rings. The largest absolute Gasteiger partial charge is 0.492 e. The molecule has 3 heteroatoms. The lowest BCUT2D eigenvalue weighted by Gasteiger charge is -2.14. The Labute approximate surface area is 155 Å². The van der Waals surface area contributed by atoms with E-state index in [1.807, 2.05) is 50.2 Å². The minimum Gasteiger partial charge on any atom is -0.492 e. The minimum absolute atomic E-state index is 0.0609. The Morgan fingerprint density at radius 1 is 1.04 bits per heavy atom. The van der Waals surface area contributed by atoms with Gasteiger partial charge in [0.1, 0.15) is 12.4 Å². The maximum atomic E-state index is 12.4. The highest BCUT2D eigenvalue weighted by Gasteiger charge is 2.14. The summed E-state index contributed by atoms with van der Waals surface area (Å²) >= 11 is 0. The number of carbonyl (C=O) groups excluding carboxylic acids is 1. The summed E-state index contributed by atoms with van der Waals surface area (Å²) in [4.78, 5) is 12.4. The number of hydrogen-bond acceptors (Lipinski definition) is 2. The molecular weight excluding hydrogens is 322 g/mol. The molecule has 26 heavy (non-hydrogen) atoms. The molecule has 0 aliphatic carbocycles. The van der Waals surface area contributed by atoms with Crippen molar-refractivity contribution >= 4 is 16.7 Å². The van der Waals surface area contributed by atoms with E-state index < -0.39 is 0 Å². The standard InChI is InChI=1S/C23H25NO2/c1-17-7-5-11-21(15-17)26-14-13-24-23(25)18(2)16-20-10-6-9-19-8-3-4-12-22(19)20/h3-12,15,18H,13-14,16H2,1-2H3,(H,24,25)/t18-/m1/s1. The monoisotopic (exact) mass is 347 g/mol. The van der Waals surface area contributed by atoms with Crippen LogP contribution in [-0.2, 0) is 11.2 Å². The normalized spacial score (nSPS) is 11.9. The van der Waals surface area contributed by atoms with E-state index >= 15 is 0 Å². The Morgan fingerprint density at radius 3 is 2.65 bits per heavy atom. The Kier molecular flexibility index (Phi) is 5.90. The van der Waals surface area contributed by atoms with E-state index in [-0.39, 0.29) is 11.8 Å². The number of rotatable bonds is 7. The molecule has 0 aliphatic rings. The molecule has 3 nitrogen and oxygen atoms in total. The molecule has 134 valence electrons. The van der Waals surface area contributed by atoms with Crippen molar-refractivity contribution in [3.05, 3.63) is 77.9 Å². The lowest BCUT2D eigenvalue weighted by molar-refractivity contribution is -0.124. The molecular formula is C23H25NO2. The molecule has 0 aromatic heterocycles. The van der Waals surface area contributed by atoms with Crippen molar-refractivity contribution in [1.82, 2.24) is 5.32 Å². The summed E-state index contributed by atoms with van der Waals surface area (Å²) in [7, 11) is 0. The summed E-state index contributed by atoms with van der Waals surface area (Å²) in [6, 6.07) is 22.5. The molecule has 1 amide bonds. The van der Waals surface area contributed by atoms with Gasteiger partial charge in [-0.05, 0) is 47.4 Å². The van der Waals surface area contributed by atoms with Crippen LogP contribution in [0, 0.1) is 12.8 Å². The van der Waals surface area contributed by atoms with Crippen LogP contribution in [0.25, 0.3) is 10.8 Å². The number of fused-ring (bicyclic) bond motifs is 1. The van der Waals surface area contributed by atoms with E-state index in [2.05, 4.69) is 35.6 Å². The first-order valence-corrected chi connectivity index (χ1v) is 9.07. The average molecular weight is 347 g/mol. The second-order valence-electron chi connectivity index (χ2n) is 6.70. The van der Waals surface area contributed by atoms with E-state index in [4.69, 9.17) is 4.74 Å². The second kappa shape index (κ2) is 8.52. The highest BCUT2D eigenvalue weighted by atomic mass is 16.5. The number of carbonyl (C=O) groups is 1. The molecule has 0 fully saturated rings. The first kappa shape index (κ1) is 18.0. The van der Waals surface area contributed by atoms with Crippen LogP contribution < -0.4 is 10.1 Å². The van der Waals surface area contributed by atoms with Crippen molar-refractivity contribution in [2.24, 2.45) is 5.92 Å². The number of ether oxygens (including phenoxy) is 1. The fourth-order valence-electron chi connectivity index (χ4n) is 3.12. The maximum Gasteiger partial charge on any atom is 0.223 e. The zero-order valence-electron chi connectivity index (χ0n) is 15.4. The zero-order valence-corrected chi connectivity index (χ0v) is 15.4. The van der Waals surface area contributed by atoms with Gasteiger partial charge in [-0.2, -0.15) is 0 Å². The smallest absolute Gasteiger partial charge is 0.223 e. The van der Waals surface area contributed by atoms with E-state index in [1.165, 1.54) is 16.3 Å². The van der Waals surface area contributed by atoms with Crippen LogP contribution in [0.3, 0.4) is 0 Å². The lowest BCUT2D eigenvalue weighted by atomic mass is 9.95. The van der Waals surface area contributed by atoms with Crippen molar-refractivity contribution < 1.29 is 9.53 Å². The molecule has 0 saturated carbocycles. The van der Waals surface area contributed by atoms with Gasteiger partial charge in [0, 0.05) is 5.92 Å². The fourth-order valence-corrected chi connectivity index (χ4v) is 3.12. The van der Waals surface area contributed by atoms with Gasteiger partial charge in [0.2, 0.25) is 5.91 Å². The van der Waals surface area contributed by atoms with Gasteiger partial charge in [-0.1, -0.05) is 61.5 Å². The van der Waals surface area contributed by atoms with Crippen molar-refractivity contribution in [1.29, 1.82) is 0 Å². The van der Waals surface area contributed by atoms with Crippen molar-refractivity contribution in [3.8, 4) is 5.75 Å². The molecule has 3 rings (SSSR count). The second-order valence-corrected chi connectivity index (χ2v) is 6.70. The van der Waals surface area contributed by atoms with Crippen LogP contribution in [0.4, 0.5) is 0 Å². The number of amides is 1. The third-order valence-electron chi connectivity index (χ3n) is 4.51. The first-order valence-electron chi connectivity index (χ1n) is 9.07. The van der Waals surface area contributed by atoms with Crippen molar-refractivity contribution in [2.45, 2.75) is 20.3 Å². The van der Waals surface area contributed by atoms with Crippen molar-refractivity contribution in [3.63, 3.8) is 0 Å². The molecule has 0 radical (unpaired) electrons. The highest BCUT2D eigenvalue weighted by Crippen LogP contribution is 2.21. The molecule has 1 atom stereocenters. The quantitative estimate of drug-likeness (QED) is 0.638. The van der Waals surface area contributed by atoms with Crippen LogP contribution >= 0.6 is 0 Å². The van der Waals surface area contributed by atoms with E-state index in [9.17, 15) is 4.79 Å². The van der Waals surface area contributed by atoms with Gasteiger partial charge in [-0.25, -0.2) is 0 Å². The van der Waals surface area contributed by atoms with Gasteiger partial charge in [0.05, 0.1) is 6.54 Å². The van der Waals surface area contributed by atoms with Gasteiger partial charge < -0.3 is 10.1 Å². The molecule has 0 bridgehead atoms. The summed E-state index contributed by atoms with van der Waals surface area (Å²) in [5.74, 6) is 0.814. The molecule has 3 aromatic carbocycles. The van der Waals surface area contributed by atoms with Crippen LogP contribution in [-0.4, -0.2) is 19.1 Å². The summed E-state index contributed by atoms with van der Waals surface area (Å²) in [6.07, 6.45) is 0.728. The topological polar surface area (TPSA) is 38.3 Å². The van der Waals surface area contributed by atoms with Gasteiger partial charge in [0.25, 0.3) is 0 Å². The number of aryl methyl sites for hydroxylation is 1. The van der Waals surface area contributed by atoms with Crippen LogP contribution in [0.5, 0.6) is 5.75 Å². The van der Waals surface area contributed by atoms with Crippen LogP contribution in [0.1, 0.15) is 18.1 Å². The number of hydrogen-bond donors (Lipinski definition) is 1. The van der Waals surface area contributed by atoms with Gasteiger partial charge >= 0.3 is 0 Å². The molecule has 0 heterocycles. The third kappa shape index (κ3) is 4.63. The predicted octanol–water partition coefficient (Wildman–Crippen LogP) is 4.52. The Balaban J connectivity index is 1.50. The summed E-state index contributed by atoms with van der Waals surface area (Å²) < 4.78 is 5.68. The van der Waals surface area contributed by atoms with Crippen LogP contribution in [0.2, 0.25) is 0 Å². The number of nitrogens with one attached hydrogen (secondary N) is 1. The predicted molar refractivity (Wildman–Crippen MR) is 106 cm³/mol. The summed E-state index contributed by atoms with van der Waals surface area (Å²) in [5.41, 5.74) is 2.37.